The number of carbonyl (C=O) groups is 1. The van der Waals surface area contributed by atoms with E-state index >= 15 is 0 Å². The molecule has 2 aromatic rings. The fourth-order valence-electron chi connectivity index (χ4n) is 4.15. The fourth-order valence-corrected chi connectivity index (χ4v) is 5.57. The van der Waals surface area contributed by atoms with Crippen LogP contribution in [0.15, 0.2) is 65.7 Å². The molecule has 1 aliphatic heterocycles. The van der Waals surface area contributed by atoms with Gasteiger partial charge in [0.1, 0.15) is 0 Å². The second kappa shape index (κ2) is 8.93. The normalized spacial score (nSPS) is 20.8. The van der Waals surface area contributed by atoms with Gasteiger partial charge < -0.3 is 15.7 Å². The summed E-state index contributed by atoms with van der Waals surface area (Å²) in [6, 6.07) is 12.8. The summed E-state index contributed by atoms with van der Waals surface area (Å²) in [4.78, 5) is 15.4. The summed E-state index contributed by atoms with van der Waals surface area (Å²) in [7, 11) is -3.74. The van der Waals surface area contributed by atoms with Crippen molar-refractivity contribution in [3.05, 3.63) is 71.9 Å². The molecule has 0 aliphatic carbocycles. The smallest absolute Gasteiger partial charge is 0.268 e. The lowest BCUT2D eigenvalue weighted by molar-refractivity contribution is -0.132. The van der Waals surface area contributed by atoms with Gasteiger partial charge in [0.05, 0.1) is 10.6 Å². The maximum atomic E-state index is 13.7. The van der Waals surface area contributed by atoms with Crippen LogP contribution in [-0.4, -0.2) is 31.0 Å². The summed E-state index contributed by atoms with van der Waals surface area (Å²) in [5.41, 5.74) is 4.38. The lowest BCUT2D eigenvalue weighted by atomic mass is 9.87. The number of para-hydroxylation sites is 1. The predicted molar refractivity (Wildman–Crippen MR) is 130 cm³/mol. The quantitative estimate of drug-likeness (QED) is 0.574. The van der Waals surface area contributed by atoms with Gasteiger partial charge in [-0.2, -0.15) is 0 Å². The molecule has 0 fully saturated rings. The van der Waals surface area contributed by atoms with Crippen LogP contribution in [0.1, 0.15) is 52.2 Å². The van der Waals surface area contributed by atoms with Crippen molar-refractivity contribution >= 4 is 21.6 Å². The summed E-state index contributed by atoms with van der Waals surface area (Å²) >= 11 is 0. The monoisotopic (exact) mass is 471 g/mol. The first-order valence-corrected chi connectivity index (χ1v) is 12.5. The van der Waals surface area contributed by atoms with E-state index in [1.165, 1.54) is 30.5 Å². The number of nitrogens with one attached hydrogen (secondary N) is 1. The molecule has 178 valence electrons. The van der Waals surface area contributed by atoms with Gasteiger partial charge in [0, 0.05) is 17.1 Å². The number of aliphatic hydroxyl groups is 1. The molecule has 0 radical (unpaired) electrons. The Morgan fingerprint density at radius 1 is 1.12 bits per heavy atom. The van der Waals surface area contributed by atoms with Gasteiger partial charge in [-0.1, -0.05) is 43.3 Å². The Bertz CT molecular complexity index is 1150. The number of anilines is 1. The van der Waals surface area contributed by atoms with E-state index in [1.807, 2.05) is 32.1 Å². The summed E-state index contributed by atoms with van der Waals surface area (Å²) in [6.45, 7) is 9.25. The molecule has 0 saturated carbocycles. The Morgan fingerprint density at radius 3 is 2.30 bits per heavy atom. The number of allylic oxidation sites excluding steroid dienone is 1. The summed E-state index contributed by atoms with van der Waals surface area (Å²) in [5, 5.41) is 11.8. The van der Waals surface area contributed by atoms with Crippen LogP contribution in [0.4, 0.5) is 5.69 Å². The zero-order chi connectivity index (χ0) is 24.6. The fraction of sp³-hybridized carbons (Fsp3) is 0.400. The molecule has 0 bridgehead atoms. The first-order chi connectivity index (χ1) is 15.3. The average molecular weight is 472 g/mol. The number of rotatable bonds is 7. The lowest BCUT2D eigenvalue weighted by Gasteiger charge is -2.31. The van der Waals surface area contributed by atoms with E-state index in [2.05, 4.69) is 4.72 Å². The zero-order valence-corrected chi connectivity index (χ0v) is 20.6. The highest BCUT2D eigenvalue weighted by Gasteiger charge is 2.52. The van der Waals surface area contributed by atoms with Crippen LogP contribution in [0.3, 0.4) is 0 Å². The molecular formula is C25H33N3O4S. The van der Waals surface area contributed by atoms with Gasteiger partial charge in [-0.05, 0) is 70.0 Å². The summed E-state index contributed by atoms with van der Waals surface area (Å²) < 4.78 is 27.9. The third kappa shape index (κ3) is 4.69. The minimum absolute atomic E-state index is 0.0657. The van der Waals surface area contributed by atoms with Gasteiger partial charge in [0.25, 0.3) is 5.91 Å². The van der Waals surface area contributed by atoms with Gasteiger partial charge in [-0.15, -0.1) is 0 Å². The molecule has 1 aliphatic rings. The van der Waals surface area contributed by atoms with Crippen LogP contribution in [0.2, 0.25) is 0 Å². The molecule has 2 aromatic carbocycles. The number of hydrogen-bond donors (Lipinski definition) is 3. The predicted octanol–water partition coefficient (Wildman–Crippen LogP) is 3.23. The van der Waals surface area contributed by atoms with E-state index in [-0.39, 0.29) is 16.9 Å². The van der Waals surface area contributed by atoms with Gasteiger partial charge in [-0.3, -0.25) is 4.79 Å². The molecule has 1 heterocycles. The van der Waals surface area contributed by atoms with Gasteiger partial charge in [0.15, 0.2) is 5.60 Å². The van der Waals surface area contributed by atoms with Crippen molar-refractivity contribution in [2.24, 2.45) is 11.7 Å². The molecule has 0 spiro atoms. The number of sulfonamides is 1. The standard InChI is InChI=1S/C25H33N3O4S/c1-17(9-8-16-26)18(2)28-22-11-7-6-10-21(22)25(30,23(28)29)19-12-14-20(15-13-19)33(31,32)27-24(3,4)5/h6-8,10-18,27,30H,9,26H2,1-5H3/b16-8-/t17?,18-,25?/m0/s1. The number of hydrogen-bond acceptors (Lipinski definition) is 5. The molecule has 2 unspecified atom stereocenters. The molecule has 0 saturated heterocycles. The van der Waals surface area contributed by atoms with E-state index < -0.39 is 27.1 Å². The van der Waals surface area contributed by atoms with Crippen LogP contribution in [-0.2, 0) is 20.4 Å². The largest absolute Gasteiger partial charge is 0.405 e. The van der Waals surface area contributed by atoms with Crippen LogP contribution in [0.5, 0.6) is 0 Å². The molecule has 3 rings (SSSR count). The maximum Gasteiger partial charge on any atom is 0.268 e. The van der Waals surface area contributed by atoms with Crippen LogP contribution in [0, 0.1) is 5.92 Å². The number of amides is 1. The molecule has 0 aromatic heterocycles. The highest BCUT2D eigenvalue weighted by molar-refractivity contribution is 7.89. The first-order valence-electron chi connectivity index (χ1n) is 11.0. The van der Waals surface area contributed by atoms with Crippen molar-refractivity contribution in [1.29, 1.82) is 0 Å². The van der Waals surface area contributed by atoms with Crippen LogP contribution in [0.25, 0.3) is 0 Å². The highest BCUT2D eigenvalue weighted by Crippen LogP contribution is 2.46. The molecule has 3 atom stereocenters. The minimum Gasteiger partial charge on any atom is -0.405 e. The zero-order valence-electron chi connectivity index (χ0n) is 19.7. The van der Waals surface area contributed by atoms with Crippen molar-refractivity contribution in [1.82, 2.24) is 4.72 Å². The van der Waals surface area contributed by atoms with E-state index in [1.54, 1.807) is 37.8 Å². The second-order valence-corrected chi connectivity index (χ2v) is 11.3. The van der Waals surface area contributed by atoms with Crippen molar-refractivity contribution in [3.63, 3.8) is 0 Å². The Kier molecular flexibility index (Phi) is 6.75. The van der Waals surface area contributed by atoms with Crippen molar-refractivity contribution < 1.29 is 18.3 Å². The topological polar surface area (TPSA) is 113 Å². The Balaban J connectivity index is 2.02. The lowest BCUT2D eigenvalue weighted by Crippen LogP contribution is -2.47. The Labute approximate surface area is 196 Å². The number of nitrogens with two attached hydrogens (primary N) is 1. The number of fused-ring (bicyclic) bond motifs is 1. The van der Waals surface area contributed by atoms with E-state index in [0.717, 1.165) is 0 Å². The number of benzene rings is 2. The summed E-state index contributed by atoms with van der Waals surface area (Å²) in [6.07, 6.45) is 4.03. The molecule has 7 nitrogen and oxygen atoms in total. The SMILES string of the molecule is CC(C/C=C\N)[C@H](C)N1C(=O)C(O)(c2ccc(S(=O)(=O)NC(C)(C)C)cc2)c2ccccc21. The summed E-state index contributed by atoms with van der Waals surface area (Å²) in [5.74, 6) is -0.358. The Hall–Kier alpha value is -2.68. The average Bonchev–Trinajstić information content (AvgIpc) is 2.98. The highest BCUT2D eigenvalue weighted by atomic mass is 32.2. The van der Waals surface area contributed by atoms with Crippen molar-refractivity contribution in [2.75, 3.05) is 4.90 Å². The second-order valence-electron chi connectivity index (χ2n) is 9.66. The molecule has 8 heteroatoms. The first kappa shape index (κ1) is 25.0. The van der Waals surface area contributed by atoms with Gasteiger partial charge in [0.2, 0.25) is 10.0 Å². The number of carbonyl (C=O) groups excluding carboxylic acids is 1. The third-order valence-corrected chi connectivity index (χ3v) is 7.75. The third-order valence-electron chi connectivity index (χ3n) is 5.98. The van der Waals surface area contributed by atoms with E-state index in [0.29, 0.717) is 23.2 Å². The van der Waals surface area contributed by atoms with Crippen LogP contribution >= 0.6 is 0 Å². The van der Waals surface area contributed by atoms with Crippen molar-refractivity contribution in [3.8, 4) is 0 Å². The molecular weight excluding hydrogens is 438 g/mol. The van der Waals surface area contributed by atoms with Crippen LogP contribution < -0.4 is 15.4 Å². The van der Waals surface area contributed by atoms with E-state index in [4.69, 9.17) is 5.73 Å². The van der Waals surface area contributed by atoms with Gasteiger partial charge in [-0.25, -0.2) is 13.1 Å². The molecule has 33 heavy (non-hydrogen) atoms. The Morgan fingerprint density at radius 2 is 1.73 bits per heavy atom. The number of nitrogens with zero attached hydrogens (tertiary/aromatic N) is 1. The maximum absolute atomic E-state index is 13.7. The van der Waals surface area contributed by atoms with Gasteiger partial charge >= 0.3 is 0 Å². The molecule has 1 amide bonds. The van der Waals surface area contributed by atoms with Crippen molar-refractivity contribution in [2.45, 2.75) is 63.1 Å². The minimum atomic E-state index is -3.74. The van der Waals surface area contributed by atoms with E-state index in [9.17, 15) is 18.3 Å². The molecule has 4 N–H and O–H groups in total.